The van der Waals surface area contributed by atoms with Gasteiger partial charge in [-0.15, -0.1) is 0 Å². The molecule has 34 heavy (non-hydrogen) atoms. The largest absolute Gasteiger partial charge is 0.493 e. The molecule has 0 aromatic heterocycles. The lowest BCUT2D eigenvalue weighted by Crippen LogP contribution is -2.36. The van der Waals surface area contributed by atoms with E-state index < -0.39 is 5.41 Å². The molecule has 2 aliphatic carbocycles. The third kappa shape index (κ3) is 4.77. The van der Waals surface area contributed by atoms with E-state index in [1.165, 1.54) is 6.42 Å². The van der Waals surface area contributed by atoms with Crippen LogP contribution in [0.25, 0.3) is 11.1 Å². The van der Waals surface area contributed by atoms with Crippen molar-refractivity contribution >= 4 is 11.8 Å². The highest BCUT2D eigenvalue weighted by atomic mass is 16.6. The Kier molecular flexibility index (Phi) is 7.15. The van der Waals surface area contributed by atoms with Crippen LogP contribution in [-0.4, -0.2) is 38.7 Å². The predicted octanol–water partition coefficient (Wildman–Crippen LogP) is 5.78. The van der Waals surface area contributed by atoms with Crippen LogP contribution in [-0.2, 0) is 16.0 Å². The maximum absolute atomic E-state index is 13.0. The number of methoxy groups -OCH3 is 2. The van der Waals surface area contributed by atoms with Crippen LogP contribution in [0.4, 0.5) is 0 Å². The first kappa shape index (κ1) is 24.1. The zero-order valence-electron chi connectivity index (χ0n) is 20.6. The minimum Gasteiger partial charge on any atom is -0.493 e. The smallest absolute Gasteiger partial charge is 0.315 e. The summed E-state index contributed by atoms with van der Waals surface area (Å²) in [7, 11) is 3.14. The number of hydrogen-bond donors (Lipinski definition) is 0. The van der Waals surface area contributed by atoms with E-state index in [-0.39, 0.29) is 24.5 Å². The number of rotatable bonds is 8. The topological polar surface area (TPSA) is 71.1 Å². The Labute approximate surface area is 201 Å². The number of esters is 1. The van der Waals surface area contributed by atoms with Crippen LogP contribution in [0.3, 0.4) is 0 Å². The van der Waals surface area contributed by atoms with Gasteiger partial charge >= 0.3 is 5.97 Å². The van der Waals surface area contributed by atoms with Gasteiger partial charge in [0.2, 0.25) is 5.75 Å². The van der Waals surface area contributed by atoms with E-state index in [2.05, 4.69) is 0 Å². The van der Waals surface area contributed by atoms with Crippen molar-refractivity contribution in [3.05, 3.63) is 41.5 Å². The van der Waals surface area contributed by atoms with E-state index in [0.717, 1.165) is 47.9 Å². The number of carbonyl (C=O) groups excluding carboxylic acids is 2. The van der Waals surface area contributed by atoms with Crippen molar-refractivity contribution in [2.24, 2.45) is 5.41 Å². The maximum atomic E-state index is 13.0. The molecule has 182 valence electrons. The van der Waals surface area contributed by atoms with Crippen LogP contribution in [0.15, 0.2) is 30.3 Å². The fraction of sp³-hybridized carbons (Fsp3) is 0.500. The Morgan fingerprint density at radius 1 is 0.912 bits per heavy atom. The van der Waals surface area contributed by atoms with Crippen molar-refractivity contribution in [1.29, 1.82) is 0 Å². The van der Waals surface area contributed by atoms with Crippen molar-refractivity contribution in [1.82, 2.24) is 0 Å². The summed E-state index contributed by atoms with van der Waals surface area (Å²) in [6.45, 7) is 3.79. The number of fused-ring (bicyclic) bond motifs is 1. The van der Waals surface area contributed by atoms with E-state index in [9.17, 15) is 9.59 Å². The van der Waals surface area contributed by atoms with Gasteiger partial charge in [0, 0.05) is 17.5 Å². The van der Waals surface area contributed by atoms with Crippen LogP contribution in [0.1, 0.15) is 68.3 Å². The predicted molar refractivity (Wildman–Crippen MR) is 130 cm³/mol. The third-order valence-electron chi connectivity index (χ3n) is 6.82. The molecule has 0 spiro atoms. The molecule has 2 aliphatic rings. The zero-order chi connectivity index (χ0) is 24.3. The highest BCUT2D eigenvalue weighted by Crippen LogP contribution is 2.47. The average Bonchev–Trinajstić information content (AvgIpc) is 3.23. The van der Waals surface area contributed by atoms with Gasteiger partial charge in [0.05, 0.1) is 19.6 Å². The number of ether oxygens (including phenoxy) is 4. The summed E-state index contributed by atoms with van der Waals surface area (Å²) in [5, 5.41) is 0. The number of hydrogen-bond acceptors (Lipinski definition) is 6. The van der Waals surface area contributed by atoms with Crippen LogP contribution in [0, 0.1) is 5.41 Å². The second kappa shape index (κ2) is 10.1. The molecule has 0 heterocycles. The summed E-state index contributed by atoms with van der Waals surface area (Å²) in [6, 6.07) is 9.51. The number of Topliss-reactive ketones (excluding diaryl/α,β-unsaturated/α-hetero) is 1. The van der Waals surface area contributed by atoms with E-state index >= 15 is 0 Å². The van der Waals surface area contributed by atoms with Gasteiger partial charge in [0.25, 0.3) is 0 Å². The highest BCUT2D eigenvalue weighted by Gasteiger charge is 2.34. The molecule has 0 radical (unpaired) electrons. The Hall–Kier alpha value is -3.02. The van der Waals surface area contributed by atoms with Crippen molar-refractivity contribution in [3.63, 3.8) is 0 Å². The van der Waals surface area contributed by atoms with Gasteiger partial charge in [-0.1, -0.05) is 24.6 Å². The summed E-state index contributed by atoms with van der Waals surface area (Å²) >= 11 is 0. The van der Waals surface area contributed by atoms with Gasteiger partial charge in [-0.25, -0.2) is 0 Å². The molecule has 0 unspecified atom stereocenters. The lowest BCUT2D eigenvalue weighted by molar-refractivity contribution is -0.162. The number of benzene rings is 2. The zero-order valence-corrected chi connectivity index (χ0v) is 20.6. The SMILES string of the molecule is COc1ccc(-c2cccc3c2CCC3=O)c(OCC(C)(C)C(=O)OC2CCCCC2)c1OC. The first-order valence-electron chi connectivity index (χ1n) is 12.1. The molecule has 2 aromatic rings. The van der Waals surface area contributed by atoms with Gasteiger partial charge in [-0.3, -0.25) is 9.59 Å². The molecule has 0 amide bonds. The Balaban J connectivity index is 1.64. The summed E-state index contributed by atoms with van der Waals surface area (Å²) in [4.78, 5) is 25.3. The molecule has 0 saturated heterocycles. The van der Waals surface area contributed by atoms with E-state index in [0.29, 0.717) is 30.1 Å². The summed E-state index contributed by atoms with van der Waals surface area (Å²) in [5.74, 6) is 1.39. The van der Waals surface area contributed by atoms with E-state index in [4.69, 9.17) is 18.9 Å². The minimum atomic E-state index is -0.850. The second-order valence-electron chi connectivity index (χ2n) is 9.77. The summed E-state index contributed by atoms with van der Waals surface area (Å²) in [5.41, 5.74) is 2.66. The van der Waals surface area contributed by atoms with Crippen LogP contribution in [0.5, 0.6) is 17.2 Å². The molecule has 1 saturated carbocycles. The van der Waals surface area contributed by atoms with Gasteiger partial charge < -0.3 is 18.9 Å². The molecule has 0 N–H and O–H groups in total. The monoisotopic (exact) mass is 466 g/mol. The van der Waals surface area contributed by atoms with E-state index in [1.807, 2.05) is 44.2 Å². The Morgan fingerprint density at radius 3 is 2.35 bits per heavy atom. The number of carbonyl (C=O) groups is 2. The second-order valence-corrected chi connectivity index (χ2v) is 9.77. The van der Waals surface area contributed by atoms with Crippen molar-refractivity contribution in [2.45, 2.75) is 64.9 Å². The average molecular weight is 467 g/mol. The standard InChI is InChI=1S/C28H34O6/c1-28(2,27(30)34-18-9-6-5-7-10-18)17-33-25-22(14-16-24(31-3)26(25)32-4)19-11-8-12-21-20(19)13-15-23(21)29/h8,11-12,14,16,18H,5-7,9-10,13,15,17H2,1-4H3. The first-order chi connectivity index (χ1) is 16.4. The summed E-state index contributed by atoms with van der Waals surface area (Å²) < 4.78 is 23.3. The van der Waals surface area contributed by atoms with E-state index in [1.54, 1.807) is 14.2 Å². The third-order valence-corrected chi connectivity index (χ3v) is 6.82. The van der Waals surface area contributed by atoms with Crippen LogP contribution >= 0.6 is 0 Å². The molecule has 0 aliphatic heterocycles. The van der Waals surface area contributed by atoms with Gasteiger partial charge in [0.1, 0.15) is 12.7 Å². The molecular weight excluding hydrogens is 432 g/mol. The lowest BCUT2D eigenvalue weighted by Gasteiger charge is -2.29. The van der Waals surface area contributed by atoms with Crippen molar-refractivity contribution in [2.75, 3.05) is 20.8 Å². The van der Waals surface area contributed by atoms with Crippen LogP contribution in [0.2, 0.25) is 0 Å². The Morgan fingerprint density at radius 2 is 1.65 bits per heavy atom. The van der Waals surface area contributed by atoms with Gasteiger partial charge in [0.15, 0.2) is 17.3 Å². The highest BCUT2D eigenvalue weighted by molar-refractivity contribution is 6.02. The fourth-order valence-corrected chi connectivity index (χ4v) is 4.80. The molecule has 6 heteroatoms. The lowest BCUT2D eigenvalue weighted by atomic mass is 9.93. The fourth-order valence-electron chi connectivity index (χ4n) is 4.80. The normalized spacial score (nSPS) is 16.2. The maximum Gasteiger partial charge on any atom is 0.315 e. The molecule has 6 nitrogen and oxygen atoms in total. The molecular formula is C28H34O6. The van der Waals surface area contributed by atoms with Gasteiger partial charge in [-0.05, 0) is 69.2 Å². The molecule has 4 rings (SSSR count). The van der Waals surface area contributed by atoms with Crippen LogP contribution < -0.4 is 14.2 Å². The first-order valence-corrected chi connectivity index (χ1v) is 12.1. The van der Waals surface area contributed by atoms with Crippen molar-refractivity contribution in [3.8, 4) is 28.4 Å². The van der Waals surface area contributed by atoms with Gasteiger partial charge in [-0.2, -0.15) is 0 Å². The quantitative estimate of drug-likeness (QED) is 0.459. The summed E-state index contributed by atoms with van der Waals surface area (Å²) in [6.07, 6.45) is 6.45. The molecule has 0 bridgehead atoms. The Bertz CT molecular complexity index is 1060. The molecule has 2 aromatic carbocycles. The van der Waals surface area contributed by atoms with Crippen molar-refractivity contribution < 1.29 is 28.5 Å². The number of ketones is 1. The molecule has 1 fully saturated rings. The molecule has 0 atom stereocenters. The minimum absolute atomic E-state index is 0.00751.